The molecule has 0 aliphatic heterocycles. The van der Waals surface area contributed by atoms with E-state index in [1.165, 1.54) is 5.56 Å². The van der Waals surface area contributed by atoms with E-state index in [2.05, 4.69) is 18.3 Å². The summed E-state index contributed by atoms with van der Waals surface area (Å²) in [5.74, 6) is 1.74. The van der Waals surface area contributed by atoms with E-state index in [0.29, 0.717) is 0 Å². The van der Waals surface area contributed by atoms with Crippen molar-refractivity contribution in [1.82, 2.24) is 5.32 Å². The van der Waals surface area contributed by atoms with Gasteiger partial charge < -0.3 is 9.73 Å². The maximum atomic E-state index is 12.5. The van der Waals surface area contributed by atoms with Gasteiger partial charge in [0.1, 0.15) is 11.5 Å². The highest BCUT2D eigenvalue weighted by Crippen LogP contribution is 2.35. The Kier molecular flexibility index (Phi) is 3.42. The largest absolute Gasteiger partial charge is 0.464 e. The third-order valence-corrected chi connectivity index (χ3v) is 4.04. The Hall–Kier alpha value is -2.29. The number of carbonyl (C=O) groups excluding carboxylic acids is 1. The summed E-state index contributed by atoms with van der Waals surface area (Å²) in [7, 11) is 0. The number of hydrogen-bond acceptors (Lipinski definition) is 2. The van der Waals surface area contributed by atoms with Crippen LogP contribution in [0.1, 0.15) is 48.5 Å². The summed E-state index contributed by atoms with van der Waals surface area (Å²) in [6, 6.07) is 11.8. The van der Waals surface area contributed by atoms with Crippen molar-refractivity contribution in [2.75, 3.05) is 0 Å². The minimum Gasteiger partial charge on any atom is -0.464 e. The molecule has 1 heterocycles. The summed E-state index contributed by atoms with van der Waals surface area (Å²) in [6.07, 6.45) is 1.98. The third kappa shape index (κ3) is 2.51. The van der Waals surface area contributed by atoms with Gasteiger partial charge in [0.05, 0.1) is 6.04 Å². The fourth-order valence-corrected chi connectivity index (χ4v) is 2.80. The van der Waals surface area contributed by atoms with Crippen LogP contribution in [-0.2, 0) is 4.79 Å². The lowest BCUT2D eigenvalue weighted by molar-refractivity contribution is -0.118. The van der Waals surface area contributed by atoms with Crippen molar-refractivity contribution < 1.29 is 9.21 Å². The van der Waals surface area contributed by atoms with Crippen molar-refractivity contribution in [2.45, 2.75) is 32.7 Å². The quantitative estimate of drug-likeness (QED) is 0.925. The first-order valence-corrected chi connectivity index (χ1v) is 7.24. The van der Waals surface area contributed by atoms with Gasteiger partial charge in [0.15, 0.2) is 0 Å². The van der Waals surface area contributed by atoms with Crippen molar-refractivity contribution in [1.29, 1.82) is 0 Å². The van der Waals surface area contributed by atoms with E-state index >= 15 is 0 Å². The van der Waals surface area contributed by atoms with Gasteiger partial charge in [-0.3, -0.25) is 4.79 Å². The van der Waals surface area contributed by atoms with Crippen LogP contribution in [-0.4, -0.2) is 5.91 Å². The number of furan rings is 1. The van der Waals surface area contributed by atoms with Gasteiger partial charge in [-0.05, 0) is 43.2 Å². The van der Waals surface area contributed by atoms with E-state index in [1.54, 1.807) is 0 Å². The first kappa shape index (κ1) is 13.7. The highest BCUT2D eigenvalue weighted by atomic mass is 16.3. The number of hydrogen-bond donors (Lipinski definition) is 1. The van der Waals surface area contributed by atoms with E-state index < -0.39 is 0 Å². The topological polar surface area (TPSA) is 42.2 Å². The first-order chi connectivity index (χ1) is 10.1. The van der Waals surface area contributed by atoms with E-state index in [-0.39, 0.29) is 17.9 Å². The van der Waals surface area contributed by atoms with Crippen LogP contribution in [0.15, 0.2) is 46.4 Å². The standard InChI is InChI=1S/C18H19NO2/c1-11-8-9-17(21-11)13(3)19-18(20)16-10-14-6-4-5-7-15(14)12(16)2/h4-10,12-13H,1-3H3,(H,19,20). The van der Waals surface area contributed by atoms with Gasteiger partial charge in [0.25, 0.3) is 0 Å². The zero-order valence-electron chi connectivity index (χ0n) is 12.5. The molecule has 0 spiro atoms. The fraction of sp³-hybridized carbons (Fsp3) is 0.278. The number of nitrogens with one attached hydrogen (secondary N) is 1. The van der Waals surface area contributed by atoms with Gasteiger partial charge in [0, 0.05) is 11.5 Å². The smallest absolute Gasteiger partial charge is 0.248 e. The van der Waals surface area contributed by atoms with Crippen LogP contribution < -0.4 is 5.32 Å². The molecule has 1 amide bonds. The highest BCUT2D eigenvalue weighted by molar-refractivity contribution is 6.01. The van der Waals surface area contributed by atoms with Gasteiger partial charge in [-0.2, -0.15) is 0 Å². The summed E-state index contributed by atoms with van der Waals surface area (Å²) in [6.45, 7) is 5.90. The molecule has 0 saturated heterocycles. The highest BCUT2D eigenvalue weighted by Gasteiger charge is 2.27. The average Bonchev–Trinajstić information content (AvgIpc) is 3.04. The van der Waals surface area contributed by atoms with E-state index in [0.717, 1.165) is 22.7 Å². The average molecular weight is 281 g/mol. The first-order valence-electron chi connectivity index (χ1n) is 7.24. The van der Waals surface area contributed by atoms with Crippen LogP contribution in [0.5, 0.6) is 0 Å². The second-order valence-electron chi connectivity index (χ2n) is 5.59. The Balaban J connectivity index is 1.75. The van der Waals surface area contributed by atoms with Crippen molar-refractivity contribution >= 4 is 12.0 Å². The van der Waals surface area contributed by atoms with Gasteiger partial charge in [-0.15, -0.1) is 0 Å². The Morgan fingerprint density at radius 3 is 2.67 bits per heavy atom. The summed E-state index contributed by atoms with van der Waals surface area (Å²) in [5, 5.41) is 3.02. The number of rotatable bonds is 3. The molecule has 3 heteroatoms. The molecular formula is C18H19NO2. The van der Waals surface area contributed by atoms with Crippen LogP contribution >= 0.6 is 0 Å². The monoisotopic (exact) mass is 281 g/mol. The van der Waals surface area contributed by atoms with E-state index in [9.17, 15) is 4.79 Å². The molecule has 1 aliphatic rings. The molecular weight excluding hydrogens is 262 g/mol. The summed E-state index contributed by atoms with van der Waals surface area (Å²) in [5.41, 5.74) is 3.16. The zero-order valence-corrected chi connectivity index (χ0v) is 12.5. The number of amides is 1. The number of fused-ring (bicyclic) bond motifs is 1. The van der Waals surface area contributed by atoms with Crippen molar-refractivity contribution in [3.63, 3.8) is 0 Å². The lowest BCUT2D eigenvalue weighted by Crippen LogP contribution is -2.28. The predicted octanol–water partition coefficient (Wildman–Crippen LogP) is 3.97. The molecule has 1 N–H and O–H groups in total. The minimum atomic E-state index is -0.136. The van der Waals surface area contributed by atoms with Crippen LogP contribution in [0.25, 0.3) is 6.08 Å². The van der Waals surface area contributed by atoms with Crippen molar-refractivity contribution in [2.24, 2.45) is 0 Å². The summed E-state index contributed by atoms with van der Waals surface area (Å²) in [4.78, 5) is 12.5. The molecule has 2 atom stereocenters. The van der Waals surface area contributed by atoms with Crippen LogP contribution in [0.2, 0.25) is 0 Å². The number of benzene rings is 1. The summed E-state index contributed by atoms with van der Waals surface area (Å²) < 4.78 is 5.56. The Labute approximate surface area is 124 Å². The third-order valence-electron chi connectivity index (χ3n) is 4.04. The second-order valence-corrected chi connectivity index (χ2v) is 5.59. The molecule has 3 rings (SSSR count). The van der Waals surface area contributed by atoms with Crippen LogP contribution in [0.4, 0.5) is 0 Å². The van der Waals surface area contributed by atoms with Crippen molar-refractivity contribution in [3.8, 4) is 0 Å². The maximum Gasteiger partial charge on any atom is 0.248 e. The SMILES string of the molecule is Cc1ccc(C(C)NC(=O)C2=Cc3ccccc3C2C)o1. The normalized spacial score (nSPS) is 18.0. The molecule has 2 unspecified atom stereocenters. The Morgan fingerprint density at radius 2 is 2.00 bits per heavy atom. The molecule has 0 saturated carbocycles. The molecule has 0 radical (unpaired) electrons. The summed E-state index contributed by atoms with van der Waals surface area (Å²) >= 11 is 0. The van der Waals surface area contributed by atoms with Crippen LogP contribution in [0.3, 0.4) is 0 Å². The fourth-order valence-electron chi connectivity index (χ4n) is 2.80. The van der Waals surface area contributed by atoms with E-state index in [1.807, 2.05) is 50.3 Å². The Morgan fingerprint density at radius 1 is 1.24 bits per heavy atom. The number of carbonyl (C=O) groups is 1. The molecule has 108 valence electrons. The number of aryl methyl sites for hydroxylation is 1. The van der Waals surface area contributed by atoms with Crippen molar-refractivity contribution in [3.05, 3.63) is 64.6 Å². The van der Waals surface area contributed by atoms with Gasteiger partial charge in [-0.1, -0.05) is 31.2 Å². The van der Waals surface area contributed by atoms with Gasteiger partial charge in [0.2, 0.25) is 5.91 Å². The van der Waals surface area contributed by atoms with Gasteiger partial charge >= 0.3 is 0 Å². The van der Waals surface area contributed by atoms with E-state index in [4.69, 9.17) is 4.42 Å². The molecule has 21 heavy (non-hydrogen) atoms. The lowest BCUT2D eigenvalue weighted by Gasteiger charge is -2.15. The van der Waals surface area contributed by atoms with Gasteiger partial charge in [-0.25, -0.2) is 0 Å². The maximum absolute atomic E-state index is 12.5. The zero-order chi connectivity index (χ0) is 15.0. The lowest BCUT2D eigenvalue weighted by atomic mass is 9.97. The minimum absolute atomic E-state index is 0.0275. The van der Waals surface area contributed by atoms with Crippen LogP contribution in [0, 0.1) is 6.92 Å². The Bertz CT molecular complexity index is 712. The molecule has 3 nitrogen and oxygen atoms in total. The molecule has 0 fully saturated rings. The molecule has 2 aromatic rings. The molecule has 0 bridgehead atoms. The molecule has 1 aliphatic carbocycles. The molecule has 1 aromatic carbocycles. The second kappa shape index (κ2) is 5.24. The predicted molar refractivity (Wildman–Crippen MR) is 82.8 cm³/mol. The molecule has 1 aromatic heterocycles.